The fraction of sp³-hybridized carbons (Fsp3) is 0.947. The second-order valence-electron chi connectivity index (χ2n) is 9.65. The average Bonchev–Trinajstić information content (AvgIpc) is 3.38. The minimum Gasteiger partial charge on any atom is -0.378 e. The summed E-state index contributed by atoms with van der Waals surface area (Å²) in [6, 6.07) is 1.56. The van der Waals surface area contributed by atoms with Crippen molar-refractivity contribution in [3.8, 4) is 0 Å². The number of nitrogens with zero attached hydrogens (tertiary/aromatic N) is 4. The van der Waals surface area contributed by atoms with Crippen molar-refractivity contribution in [3.63, 3.8) is 0 Å². The second kappa shape index (κ2) is 7.30. The molecule has 5 heterocycles. The Bertz CT molecular complexity index is 649. The first-order valence-corrected chi connectivity index (χ1v) is 11.2. The van der Waals surface area contributed by atoms with Gasteiger partial charge in [-0.1, -0.05) is 0 Å². The van der Waals surface area contributed by atoms with E-state index in [1.165, 1.54) is 19.3 Å². The van der Waals surface area contributed by atoms with Crippen LogP contribution in [0.1, 0.15) is 19.3 Å². The van der Waals surface area contributed by atoms with Crippen LogP contribution < -0.4 is 16.2 Å². The molecule has 0 aromatic carbocycles. The molecule has 6 rings (SSSR count). The van der Waals surface area contributed by atoms with Crippen molar-refractivity contribution in [2.24, 2.45) is 11.8 Å². The summed E-state index contributed by atoms with van der Waals surface area (Å²) in [6.45, 7) is 6.18. The van der Waals surface area contributed by atoms with Gasteiger partial charge in [-0.2, -0.15) is 5.48 Å². The first kappa shape index (κ1) is 18.7. The second-order valence-corrected chi connectivity index (χ2v) is 9.65. The van der Waals surface area contributed by atoms with Crippen LogP contribution in [0, 0.1) is 11.8 Å². The van der Waals surface area contributed by atoms with Crippen LogP contribution in [0.5, 0.6) is 0 Å². The number of hydrogen-bond acceptors (Lipinski definition) is 8. The molecule has 6 unspecified atom stereocenters. The predicted molar refractivity (Wildman–Crippen MR) is 104 cm³/mol. The largest absolute Gasteiger partial charge is 0.378 e. The molecule has 10 heteroatoms. The normalized spacial score (nSPS) is 44.2. The van der Waals surface area contributed by atoms with Crippen LogP contribution in [-0.2, 0) is 9.57 Å². The molecule has 162 valence electrons. The van der Waals surface area contributed by atoms with Crippen LogP contribution in [0.2, 0.25) is 0 Å². The van der Waals surface area contributed by atoms with Crippen molar-refractivity contribution in [1.82, 2.24) is 35.9 Å². The molecule has 6 fully saturated rings. The van der Waals surface area contributed by atoms with Gasteiger partial charge in [-0.15, -0.1) is 0 Å². The van der Waals surface area contributed by atoms with E-state index in [0.29, 0.717) is 18.0 Å². The topological polar surface area (TPSA) is 84.6 Å². The van der Waals surface area contributed by atoms with Gasteiger partial charge in [0.2, 0.25) is 0 Å². The molecule has 0 bridgehead atoms. The standard InChI is InChI=1S/C19H33N7O3/c1-23-8-14-9-24(4-5-25(14)19(23)27)18-20-17(22-29-18)12-2-3-13-7-26(15-10-28-11-15)21-16(13)6-12/h12-18,20-22H,2-11H2,1H3. The summed E-state index contributed by atoms with van der Waals surface area (Å²) in [5.41, 5.74) is 7.04. The van der Waals surface area contributed by atoms with Crippen LogP contribution in [0.15, 0.2) is 0 Å². The van der Waals surface area contributed by atoms with Gasteiger partial charge in [0, 0.05) is 45.8 Å². The number of likely N-dealkylation sites (N-methyl/N-ethyl adjacent to an activating group) is 1. The van der Waals surface area contributed by atoms with Gasteiger partial charge in [-0.25, -0.2) is 9.80 Å². The SMILES string of the molecule is CN1CC2CN(C3NC(C4CCC5CN(C6COC6)NC5C4)NO3)CCN2C1=O. The van der Waals surface area contributed by atoms with Gasteiger partial charge in [0.05, 0.1) is 31.5 Å². The molecule has 0 spiro atoms. The van der Waals surface area contributed by atoms with E-state index in [1.807, 2.05) is 16.8 Å². The smallest absolute Gasteiger partial charge is 0.320 e. The number of amides is 2. The van der Waals surface area contributed by atoms with E-state index in [2.05, 4.69) is 26.1 Å². The maximum atomic E-state index is 12.2. The lowest BCUT2D eigenvalue weighted by molar-refractivity contribution is -0.0910. The van der Waals surface area contributed by atoms with Gasteiger partial charge in [-0.05, 0) is 31.1 Å². The molecule has 1 aliphatic carbocycles. The number of hydrazine groups is 1. The van der Waals surface area contributed by atoms with Crippen LogP contribution in [-0.4, -0.2) is 109 Å². The van der Waals surface area contributed by atoms with Crippen LogP contribution in [0.25, 0.3) is 0 Å². The summed E-state index contributed by atoms with van der Waals surface area (Å²) >= 11 is 0. The highest BCUT2D eigenvalue weighted by molar-refractivity contribution is 5.77. The van der Waals surface area contributed by atoms with E-state index in [4.69, 9.17) is 9.57 Å². The molecular weight excluding hydrogens is 374 g/mol. The van der Waals surface area contributed by atoms with Crippen molar-refractivity contribution in [2.75, 3.05) is 53.0 Å². The number of nitrogens with one attached hydrogen (secondary N) is 3. The number of urea groups is 1. The van der Waals surface area contributed by atoms with Crippen molar-refractivity contribution in [3.05, 3.63) is 0 Å². The van der Waals surface area contributed by atoms with Gasteiger partial charge in [0.1, 0.15) is 0 Å². The summed E-state index contributed by atoms with van der Waals surface area (Å²) in [4.78, 5) is 24.3. The van der Waals surface area contributed by atoms with Crippen LogP contribution >= 0.6 is 0 Å². The average molecular weight is 408 g/mol. The first-order valence-electron chi connectivity index (χ1n) is 11.2. The molecule has 3 N–H and O–H groups in total. The monoisotopic (exact) mass is 407 g/mol. The lowest BCUT2D eigenvalue weighted by Gasteiger charge is -2.38. The van der Waals surface area contributed by atoms with E-state index in [0.717, 1.165) is 51.9 Å². The van der Waals surface area contributed by atoms with Gasteiger partial charge in [-0.3, -0.25) is 20.5 Å². The number of piperazine rings is 1. The molecule has 0 aromatic heterocycles. The summed E-state index contributed by atoms with van der Waals surface area (Å²) in [5.74, 6) is 1.32. The van der Waals surface area contributed by atoms with Gasteiger partial charge < -0.3 is 14.5 Å². The van der Waals surface area contributed by atoms with Gasteiger partial charge >= 0.3 is 6.03 Å². The predicted octanol–water partition coefficient (Wildman–Crippen LogP) is -1.22. The zero-order valence-corrected chi connectivity index (χ0v) is 17.1. The van der Waals surface area contributed by atoms with E-state index < -0.39 is 0 Å². The molecule has 0 aromatic rings. The molecule has 1 saturated carbocycles. The molecule has 2 amide bonds. The van der Waals surface area contributed by atoms with Crippen LogP contribution in [0.3, 0.4) is 0 Å². The Kier molecular flexibility index (Phi) is 4.71. The zero-order valence-electron chi connectivity index (χ0n) is 17.1. The summed E-state index contributed by atoms with van der Waals surface area (Å²) in [7, 11) is 1.89. The third-order valence-electron chi connectivity index (χ3n) is 7.86. The van der Waals surface area contributed by atoms with Crippen LogP contribution in [0.4, 0.5) is 4.79 Å². The summed E-state index contributed by atoms with van der Waals surface area (Å²) < 4.78 is 5.36. The molecule has 5 saturated heterocycles. The number of ether oxygens (including phenoxy) is 1. The molecular formula is C19H33N7O3. The lowest BCUT2D eigenvalue weighted by Crippen LogP contribution is -2.58. The number of hydrogen-bond donors (Lipinski definition) is 3. The quantitative estimate of drug-likeness (QED) is 0.537. The molecule has 6 aliphatic rings. The maximum absolute atomic E-state index is 12.2. The fourth-order valence-corrected chi connectivity index (χ4v) is 6.01. The van der Waals surface area contributed by atoms with Crippen molar-refractivity contribution in [2.45, 2.75) is 49.9 Å². The van der Waals surface area contributed by atoms with E-state index in [-0.39, 0.29) is 24.6 Å². The molecule has 10 nitrogen and oxygen atoms in total. The Balaban J connectivity index is 1.02. The van der Waals surface area contributed by atoms with E-state index in [1.54, 1.807) is 0 Å². The highest BCUT2D eigenvalue weighted by Crippen LogP contribution is 2.36. The van der Waals surface area contributed by atoms with Crippen molar-refractivity contribution < 1.29 is 14.4 Å². The van der Waals surface area contributed by atoms with Crippen molar-refractivity contribution >= 4 is 6.03 Å². The van der Waals surface area contributed by atoms with Crippen molar-refractivity contribution in [1.29, 1.82) is 0 Å². The summed E-state index contributed by atoms with van der Waals surface area (Å²) in [6.07, 6.45) is 3.75. The number of hydroxylamine groups is 1. The third-order valence-corrected chi connectivity index (χ3v) is 7.86. The Labute approximate surface area is 171 Å². The molecule has 0 radical (unpaired) electrons. The Morgan fingerprint density at radius 2 is 1.90 bits per heavy atom. The Morgan fingerprint density at radius 3 is 2.72 bits per heavy atom. The van der Waals surface area contributed by atoms with Gasteiger partial charge in [0.15, 0.2) is 6.35 Å². The highest BCUT2D eigenvalue weighted by Gasteiger charge is 2.46. The summed E-state index contributed by atoms with van der Waals surface area (Å²) in [5, 5.41) is 6.11. The number of carbonyl (C=O) groups is 1. The lowest BCUT2D eigenvalue weighted by atomic mass is 9.78. The Hall–Kier alpha value is -1.01. The molecule has 29 heavy (non-hydrogen) atoms. The number of carbonyl (C=O) groups excluding carboxylic acids is 1. The fourth-order valence-electron chi connectivity index (χ4n) is 6.01. The minimum absolute atomic E-state index is 0.110. The maximum Gasteiger partial charge on any atom is 0.320 e. The Morgan fingerprint density at radius 1 is 1.03 bits per heavy atom. The van der Waals surface area contributed by atoms with E-state index >= 15 is 0 Å². The third kappa shape index (κ3) is 3.25. The van der Waals surface area contributed by atoms with E-state index in [9.17, 15) is 4.79 Å². The zero-order chi connectivity index (χ0) is 19.5. The van der Waals surface area contributed by atoms with Gasteiger partial charge in [0.25, 0.3) is 0 Å². The highest BCUT2D eigenvalue weighted by atomic mass is 16.7. The first-order chi connectivity index (χ1) is 14.2. The number of rotatable bonds is 3. The molecule has 5 aliphatic heterocycles. The molecule has 6 atom stereocenters. The minimum atomic E-state index is -0.110. The number of fused-ring (bicyclic) bond motifs is 2.